The molecule has 0 aromatic heterocycles. The summed E-state index contributed by atoms with van der Waals surface area (Å²) >= 11 is 0. The average molecular weight is 1580 g/mol. The molecule has 0 fully saturated rings. The van der Waals surface area contributed by atoms with E-state index in [0.717, 1.165) is 138 Å². The number of primary amides is 4. The molecule has 0 spiro atoms. The van der Waals surface area contributed by atoms with Crippen molar-refractivity contribution in [3.8, 4) is 0 Å². The molecule has 0 radical (unpaired) electrons. The summed E-state index contributed by atoms with van der Waals surface area (Å²) in [5.41, 5.74) is 20.4. The quantitative estimate of drug-likeness (QED) is 0.0279. The number of nitrogens with zero attached hydrogens (tertiary/aromatic N) is 2. The zero-order valence-electron chi connectivity index (χ0n) is 70.9. The number of hydrogen-bond acceptors (Lipinski definition) is 18. The maximum Gasteiger partial charge on any atom is 1.00 e. The van der Waals surface area contributed by atoms with Crippen LogP contribution in [-0.4, -0.2) is 141 Å². The summed E-state index contributed by atoms with van der Waals surface area (Å²) < 4.78 is 0. The summed E-state index contributed by atoms with van der Waals surface area (Å²) in [5.74, 6) is -6.85. The van der Waals surface area contributed by atoms with Gasteiger partial charge in [0.15, 0.2) is 0 Å². The molecule has 0 aliphatic rings. The second-order valence-electron chi connectivity index (χ2n) is 29.3. The van der Waals surface area contributed by atoms with Crippen molar-refractivity contribution in [1.29, 1.82) is 0 Å². The van der Waals surface area contributed by atoms with Crippen LogP contribution < -0.4 is 162 Å². The molecular weight excluding hydrogens is 1420 g/mol. The van der Waals surface area contributed by atoms with Gasteiger partial charge in [0.05, 0.1) is 48.3 Å². The van der Waals surface area contributed by atoms with Crippen molar-refractivity contribution in [2.45, 2.75) is 437 Å². The number of aliphatic hydroxyl groups excluding tert-OH is 4. The molecule has 0 rings (SSSR count). The van der Waals surface area contributed by atoms with Crippen LogP contribution >= 0.6 is 0 Å². The molecule has 0 heterocycles. The van der Waals surface area contributed by atoms with E-state index in [0.29, 0.717) is 25.7 Å². The van der Waals surface area contributed by atoms with Crippen LogP contribution in [0.2, 0.25) is 0 Å². The fraction of sp³-hybridized carbons (Fsp3) is 0.902. The van der Waals surface area contributed by atoms with Crippen LogP contribution in [0, 0.1) is 0 Å². The molecule has 4 atom stereocenters. The molecule has 0 bridgehead atoms. The molecule has 26 heteroatoms. The Kier molecular flexibility index (Phi) is 119. The van der Waals surface area contributed by atoms with Crippen molar-refractivity contribution in [3.05, 3.63) is 0 Å². The van der Waals surface area contributed by atoms with Gasteiger partial charge in [-0.1, -0.05) is 310 Å². The van der Waals surface area contributed by atoms with Gasteiger partial charge in [-0.25, -0.2) is 0 Å². The predicted molar refractivity (Wildman–Crippen MR) is 413 cm³/mol. The average Bonchev–Trinajstić information content (AvgIpc) is 0.932. The Labute approximate surface area is 747 Å². The summed E-state index contributed by atoms with van der Waals surface area (Å²) in [4.78, 5) is 85.7. The third-order valence-electron chi connectivity index (χ3n) is 18.5. The summed E-state index contributed by atoms with van der Waals surface area (Å²) in [5, 5.41) is 81.2. The Hall–Kier alpha value is -0.480. The van der Waals surface area contributed by atoms with Gasteiger partial charge in [0.1, 0.15) is 0 Å². The minimum atomic E-state index is -1.53. The maximum atomic E-state index is 10.6. The van der Waals surface area contributed by atoms with Crippen LogP contribution in [0.4, 0.5) is 0 Å². The first-order valence-electron chi connectivity index (χ1n) is 42.0. The van der Waals surface area contributed by atoms with Gasteiger partial charge in [0.2, 0.25) is 23.6 Å². The van der Waals surface area contributed by atoms with Gasteiger partial charge < -0.3 is 83.0 Å². The van der Waals surface area contributed by atoms with Crippen molar-refractivity contribution in [1.82, 2.24) is 9.80 Å². The van der Waals surface area contributed by atoms with E-state index in [2.05, 4.69) is 27.7 Å². The number of nitrogens with two attached hydrogens (primary N) is 4. The fourth-order valence-electron chi connectivity index (χ4n) is 12.2. The molecule has 0 saturated carbocycles. The minimum absolute atomic E-state index is 0. The van der Waals surface area contributed by atoms with Gasteiger partial charge in [-0.3, -0.25) is 29.0 Å². The molecule has 0 aromatic rings. The third kappa shape index (κ3) is 124. The summed E-state index contributed by atoms with van der Waals surface area (Å²) in [7, 11) is 0. The predicted octanol–water partition coefficient (Wildman–Crippen LogP) is -0.578. The van der Waals surface area contributed by atoms with Gasteiger partial charge in [0, 0.05) is 65.0 Å². The van der Waals surface area contributed by atoms with Gasteiger partial charge in [-0.15, -0.1) is 0 Å². The molecule has 0 saturated heterocycles. The zero-order valence-corrected chi connectivity index (χ0v) is 78.9. The number of carboxylic acid groups (broad SMARTS) is 4. The number of carbonyl (C=O) groups excluding carboxylic acids is 8. The summed E-state index contributed by atoms with van der Waals surface area (Å²) in [6, 6.07) is 0. The van der Waals surface area contributed by atoms with Crippen LogP contribution in [0.15, 0.2) is 0 Å². The van der Waals surface area contributed by atoms with E-state index >= 15 is 0 Å². The maximum absolute atomic E-state index is 10.6. The number of rotatable bonds is 75. The summed E-state index contributed by atoms with van der Waals surface area (Å²) in [6.45, 7) is 5.66. The first-order chi connectivity index (χ1) is 49.9. The molecule has 4 unspecified atom stereocenters. The topological polar surface area (TPSA) is 420 Å². The van der Waals surface area contributed by atoms with E-state index in [4.69, 9.17) is 22.9 Å². The van der Waals surface area contributed by atoms with Crippen LogP contribution in [0.3, 0.4) is 0 Å². The van der Waals surface area contributed by atoms with Crippen molar-refractivity contribution in [2.24, 2.45) is 22.9 Å². The molecule has 0 aromatic carbocycles. The second kappa shape index (κ2) is 103. The van der Waals surface area contributed by atoms with E-state index < -0.39 is 50.1 Å². The number of carbonyl (C=O) groups is 8. The first kappa shape index (κ1) is 126. The number of unbranched alkanes of at least 4 members (excludes halogenated alkanes) is 40. The Balaban J connectivity index is -0.000000161. The Bertz CT molecular complexity index is 1690. The smallest absolute Gasteiger partial charge is 0.549 e. The van der Waals surface area contributed by atoms with E-state index in [9.17, 15) is 79.2 Å². The monoisotopic (exact) mass is 1580 g/mol. The Morgan fingerprint density at radius 1 is 0.231 bits per heavy atom. The van der Waals surface area contributed by atoms with Crippen molar-refractivity contribution in [3.63, 3.8) is 0 Å². The van der Waals surface area contributed by atoms with Crippen LogP contribution in [0.25, 0.3) is 0 Å². The summed E-state index contributed by atoms with van der Waals surface area (Å²) in [6.07, 6.45) is 67.6. The molecule has 12 N–H and O–H groups in total. The Morgan fingerprint density at radius 3 is 0.472 bits per heavy atom. The minimum Gasteiger partial charge on any atom is -0.549 e. The molecule has 0 aliphatic carbocycles. The number of hydrogen-bond donors (Lipinski definition) is 8. The molecular formula is C82H160N6Na4O16. The van der Waals surface area contributed by atoms with Gasteiger partial charge in [0.25, 0.3) is 0 Å². The SMILES string of the molecule is CCCCCCCC(O)CCCCCCCCCC(N)=O.CCCCCCCC(O)CCCCCCCCCC(N)=O.CCCCCCCC(O)CCCCCCCCCC(N)=O.CCCCCCCC(O)CCCCCCCCCC(N)=O.O=C([O-])CN(CCN(CC(=O)[O-])CC(=O)[O-])CC(=O)[O-].[Na+].[Na+].[Na+].[Na+]. The largest absolute Gasteiger partial charge is 1.00 e. The first-order valence-corrected chi connectivity index (χ1v) is 42.0. The number of aliphatic hydroxyl groups is 4. The zero-order chi connectivity index (χ0) is 78.8. The van der Waals surface area contributed by atoms with Gasteiger partial charge in [-0.2, -0.15) is 0 Å². The molecule has 618 valence electrons. The standard InChI is InChI=1S/4C18H37NO2.C10H16N2O8.4Na/c4*1-2-3-4-8-11-14-17(20)15-12-9-6-5-7-10-13-16-18(19)21;13-7(14)3-11(4-8(15)16)1-2-12(5-9(17)18)6-10(19)20;;;;/h4*17,20H,2-16H2,1H3,(H2,19,21);1-6H2,(H,13,14)(H,15,16)(H,17,18)(H,19,20);;;;/q;;;;;4*+1/p-4. The molecule has 4 amide bonds. The Morgan fingerprint density at radius 2 is 0.352 bits per heavy atom. The van der Waals surface area contributed by atoms with E-state index in [1.54, 1.807) is 0 Å². The second-order valence-corrected chi connectivity index (χ2v) is 29.3. The number of aliphatic carboxylic acids is 4. The van der Waals surface area contributed by atoms with Gasteiger partial charge in [-0.05, 0) is 77.0 Å². The molecule has 0 aliphatic heterocycles. The van der Waals surface area contributed by atoms with E-state index in [1.807, 2.05) is 0 Å². The van der Waals surface area contributed by atoms with Crippen LogP contribution in [0.5, 0.6) is 0 Å². The van der Waals surface area contributed by atoms with Crippen LogP contribution in [0.1, 0.15) is 413 Å². The molecule has 22 nitrogen and oxygen atoms in total. The molecule has 108 heavy (non-hydrogen) atoms. The van der Waals surface area contributed by atoms with Crippen LogP contribution in [-0.2, 0) is 38.4 Å². The van der Waals surface area contributed by atoms with Crippen molar-refractivity contribution >= 4 is 47.5 Å². The van der Waals surface area contributed by atoms with E-state index in [1.165, 1.54) is 231 Å². The van der Waals surface area contributed by atoms with Crippen molar-refractivity contribution < 1.29 is 197 Å². The number of carboxylic acids is 4. The number of amides is 4. The van der Waals surface area contributed by atoms with Crippen molar-refractivity contribution in [2.75, 3.05) is 39.3 Å². The third-order valence-corrected chi connectivity index (χ3v) is 18.5. The fourth-order valence-corrected chi connectivity index (χ4v) is 12.2. The van der Waals surface area contributed by atoms with Gasteiger partial charge >= 0.3 is 118 Å². The normalized spacial score (nSPS) is 11.7. The van der Waals surface area contributed by atoms with E-state index in [-0.39, 0.29) is 179 Å².